The lowest BCUT2D eigenvalue weighted by atomic mass is 10.1. The number of carbonyl (C=O) groups is 1. The molecule has 4 aromatic rings. The predicted molar refractivity (Wildman–Crippen MR) is 125 cm³/mol. The Hall–Kier alpha value is -3.66. The monoisotopic (exact) mass is 410 g/mol. The van der Waals surface area contributed by atoms with Crippen LogP contribution in [0.2, 0.25) is 0 Å². The summed E-state index contributed by atoms with van der Waals surface area (Å²) in [5.74, 6) is 1.15. The third kappa shape index (κ3) is 5.10. The van der Waals surface area contributed by atoms with E-state index in [0.29, 0.717) is 12.2 Å². The van der Waals surface area contributed by atoms with Gasteiger partial charge >= 0.3 is 5.97 Å². The van der Waals surface area contributed by atoms with Gasteiger partial charge in [-0.05, 0) is 30.7 Å². The molecule has 1 heterocycles. The third-order valence-corrected chi connectivity index (χ3v) is 5.16. The fourth-order valence-corrected chi connectivity index (χ4v) is 3.51. The van der Waals surface area contributed by atoms with E-state index in [9.17, 15) is 4.79 Å². The van der Waals surface area contributed by atoms with E-state index in [1.165, 1.54) is 0 Å². The molecule has 0 bridgehead atoms. The van der Waals surface area contributed by atoms with Gasteiger partial charge in [-0.25, -0.2) is 4.98 Å². The maximum atomic E-state index is 12.0. The number of rotatable bonds is 8. The molecule has 0 aliphatic heterocycles. The number of hydrogen-bond acceptors (Lipinski definition) is 3. The number of nitrogens with one attached hydrogen (secondary N) is 1. The fourth-order valence-electron chi connectivity index (χ4n) is 3.51. The first kappa shape index (κ1) is 20.6. The smallest absolute Gasteiger partial charge is 0.311 e. The predicted octanol–water partition coefficient (Wildman–Crippen LogP) is 6.90. The van der Waals surface area contributed by atoms with E-state index >= 15 is 0 Å². The number of ether oxygens (including phenoxy) is 1. The zero-order valence-corrected chi connectivity index (χ0v) is 17.7. The molecule has 0 radical (unpaired) electrons. The lowest BCUT2D eigenvalue weighted by molar-refractivity contribution is -0.134. The molecule has 31 heavy (non-hydrogen) atoms. The van der Waals surface area contributed by atoms with E-state index in [-0.39, 0.29) is 5.97 Å². The molecule has 1 N–H and O–H groups in total. The summed E-state index contributed by atoms with van der Waals surface area (Å²) >= 11 is 0. The molecule has 0 aliphatic rings. The van der Waals surface area contributed by atoms with Crippen LogP contribution in [0.15, 0.2) is 84.9 Å². The zero-order valence-electron chi connectivity index (χ0n) is 17.7. The molecular weight excluding hydrogens is 384 g/mol. The topological polar surface area (TPSA) is 55.0 Å². The Bertz CT molecular complexity index is 1060. The standard InChI is InChI=1S/C27H26N2O2/c1-2-3-6-15-24(30)31-23-18-16-22(17-19-23)27-28-25(20-11-7-4-8-12-20)26(29-27)21-13-9-5-10-14-21/h4-5,7-14,16-19H,2-3,6,15H2,1H3,(H,28,29). The van der Waals surface area contributed by atoms with E-state index in [1.807, 2.05) is 60.7 Å². The quantitative estimate of drug-likeness (QED) is 0.195. The third-order valence-electron chi connectivity index (χ3n) is 5.16. The van der Waals surface area contributed by atoms with Gasteiger partial charge in [0.05, 0.1) is 11.4 Å². The minimum absolute atomic E-state index is 0.183. The molecule has 1 aromatic heterocycles. The lowest BCUT2D eigenvalue weighted by Crippen LogP contribution is -2.07. The van der Waals surface area contributed by atoms with Crippen LogP contribution in [0, 0.1) is 0 Å². The van der Waals surface area contributed by atoms with Crippen LogP contribution in [0.25, 0.3) is 33.9 Å². The minimum Gasteiger partial charge on any atom is -0.427 e. The van der Waals surface area contributed by atoms with Crippen LogP contribution in [-0.4, -0.2) is 15.9 Å². The summed E-state index contributed by atoms with van der Waals surface area (Å²) in [6.07, 6.45) is 3.44. The van der Waals surface area contributed by atoms with Crippen molar-refractivity contribution in [1.82, 2.24) is 9.97 Å². The number of unbranched alkanes of at least 4 members (excludes halogenated alkanes) is 2. The molecule has 0 saturated heterocycles. The summed E-state index contributed by atoms with van der Waals surface area (Å²) in [4.78, 5) is 20.4. The second-order valence-electron chi connectivity index (χ2n) is 7.50. The Morgan fingerprint density at radius 3 is 2.10 bits per heavy atom. The van der Waals surface area contributed by atoms with Crippen LogP contribution in [0.3, 0.4) is 0 Å². The number of aromatic amines is 1. The second kappa shape index (κ2) is 9.90. The number of nitrogens with zero attached hydrogens (tertiary/aromatic N) is 1. The van der Waals surface area contributed by atoms with Gasteiger partial charge in [0.15, 0.2) is 0 Å². The van der Waals surface area contributed by atoms with E-state index in [2.05, 4.69) is 36.2 Å². The molecule has 156 valence electrons. The van der Waals surface area contributed by atoms with Crippen molar-refractivity contribution < 1.29 is 9.53 Å². The Labute approximate surface area is 182 Å². The highest BCUT2D eigenvalue weighted by Crippen LogP contribution is 2.33. The normalized spacial score (nSPS) is 10.7. The number of H-pyrrole nitrogens is 1. The minimum atomic E-state index is -0.183. The van der Waals surface area contributed by atoms with Crippen molar-refractivity contribution >= 4 is 5.97 Å². The summed E-state index contributed by atoms with van der Waals surface area (Å²) in [5, 5.41) is 0. The van der Waals surface area contributed by atoms with Gasteiger partial charge in [0.1, 0.15) is 11.6 Å². The van der Waals surface area contributed by atoms with Gasteiger partial charge in [0.25, 0.3) is 0 Å². The number of hydrogen-bond donors (Lipinski definition) is 1. The van der Waals surface area contributed by atoms with Crippen molar-refractivity contribution in [2.45, 2.75) is 32.6 Å². The number of esters is 1. The van der Waals surface area contributed by atoms with E-state index in [0.717, 1.165) is 53.2 Å². The molecule has 0 fully saturated rings. The van der Waals surface area contributed by atoms with Crippen molar-refractivity contribution in [2.75, 3.05) is 0 Å². The molecule has 4 nitrogen and oxygen atoms in total. The van der Waals surface area contributed by atoms with Crippen molar-refractivity contribution in [3.8, 4) is 39.7 Å². The Kier molecular flexibility index (Phi) is 6.58. The fraction of sp³-hybridized carbons (Fsp3) is 0.185. The highest BCUT2D eigenvalue weighted by atomic mass is 16.5. The van der Waals surface area contributed by atoms with Gasteiger partial charge in [0, 0.05) is 23.1 Å². The van der Waals surface area contributed by atoms with Crippen molar-refractivity contribution in [3.63, 3.8) is 0 Å². The van der Waals surface area contributed by atoms with E-state index in [4.69, 9.17) is 9.72 Å². The largest absolute Gasteiger partial charge is 0.427 e. The molecule has 0 atom stereocenters. The maximum absolute atomic E-state index is 12.0. The summed E-state index contributed by atoms with van der Waals surface area (Å²) in [6, 6.07) is 27.9. The molecule has 0 unspecified atom stereocenters. The first-order valence-electron chi connectivity index (χ1n) is 10.8. The molecule has 3 aromatic carbocycles. The molecule has 0 aliphatic carbocycles. The highest BCUT2D eigenvalue weighted by Gasteiger charge is 2.15. The van der Waals surface area contributed by atoms with Crippen LogP contribution >= 0.6 is 0 Å². The van der Waals surface area contributed by atoms with Crippen molar-refractivity contribution in [1.29, 1.82) is 0 Å². The Morgan fingerprint density at radius 2 is 1.45 bits per heavy atom. The Morgan fingerprint density at radius 1 is 0.806 bits per heavy atom. The second-order valence-corrected chi connectivity index (χ2v) is 7.50. The number of aromatic nitrogens is 2. The summed E-state index contributed by atoms with van der Waals surface area (Å²) in [6.45, 7) is 2.12. The van der Waals surface area contributed by atoms with Crippen LogP contribution in [-0.2, 0) is 4.79 Å². The molecule has 0 saturated carbocycles. The summed E-state index contributed by atoms with van der Waals surface area (Å²) < 4.78 is 5.45. The van der Waals surface area contributed by atoms with Gasteiger partial charge in [-0.3, -0.25) is 4.79 Å². The number of carbonyl (C=O) groups excluding carboxylic acids is 1. The zero-order chi connectivity index (χ0) is 21.5. The maximum Gasteiger partial charge on any atom is 0.311 e. The SMILES string of the molecule is CCCCCC(=O)Oc1ccc(-c2nc(-c3ccccc3)c(-c3ccccc3)[nH]2)cc1. The molecular formula is C27H26N2O2. The molecule has 0 spiro atoms. The van der Waals surface area contributed by atoms with Gasteiger partial charge in [-0.15, -0.1) is 0 Å². The van der Waals surface area contributed by atoms with Crippen molar-refractivity contribution in [2.24, 2.45) is 0 Å². The lowest BCUT2D eigenvalue weighted by Gasteiger charge is -2.05. The highest BCUT2D eigenvalue weighted by molar-refractivity contribution is 5.81. The van der Waals surface area contributed by atoms with Gasteiger partial charge in [0.2, 0.25) is 0 Å². The van der Waals surface area contributed by atoms with Gasteiger partial charge in [-0.2, -0.15) is 0 Å². The molecule has 4 rings (SSSR count). The van der Waals surface area contributed by atoms with Crippen LogP contribution in [0.4, 0.5) is 0 Å². The van der Waals surface area contributed by atoms with Crippen LogP contribution in [0.5, 0.6) is 5.75 Å². The molecule has 0 amide bonds. The van der Waals surface area contributed by atoms with E-state index in [1.54, 1.807) is 0 Å². The average molecular weight is 411 g/mol. The first-order valence-corrected chi connectivity index (χ1v) is 10.8. The molecule has 4 heteroatoms. The van der Waals surface area contributed by atoms with Crippen LogP contribution < -0.4 is 4.74 Å². The number of imidazole rings is 1. The van der Waals surface area contributed by atoms with Gasteiger partial charge in [-0.1, -0.05) is 80.4 Å². The van der Waals surface area contributed by atoms with E-state index < -0.39 is 0 Å². The first-order chi connectivity index (χ1) is 15.2. The van der Waals surface area contributed by atoms with Crippen molar-refractivity contribution in [3.05, 3.63) is 84.9 Å². The average Bonchev–Trinajstić information content (AvgIpc) is 3.26. The van der Waals surface area contributed by atoms with Crippen LogP contribution in [0.1, 0.15) is 32.6 Å². The number of benzene rings is 3. The Balaban J connectivity index is 1.60. The summed E-state index contributed by atoms with van der Waals surface area (Å²) in [5.41, 5.74) is 4.96. The van der Waals surface area contributed by atoms with Gasteiger partial charge < -0.3 is 9.72 Å². The summed E-state index contributed by atoms with van der Waals surface area (Å²) in [7, 11) is 0.